The van der Waals surface area contributed by atoms with Gasteiger partial charge in [-0.2, -0.15) is 0 Å². The van der Waals surface area contributed by atoms with E-state index in [9.17, 15) is 18.8 Å². The highest BCUT2D eigenvalue weighted by atomic mass is 127. The van der Waals surface area contributed by atoms with Crippen molar-refractivity contribution in [3.63, 3.8) is 0 Å². The van der Waals surface area contributed by atoms with E-state index in [-0.39, 0.29) is 36.8 Å². The highest BCUT2D eigenvalue weighted by molar-refractivity contribution is 14.1. The van der Waals surface area contributed by atoms with Gasteiger partial charge in [0, 0.05) is 0 Å². The summed E-state index contributed by atoms with van der Waals surface area (Å²) in [5, 5.41) is 0. The summed E-state index contributed by atoms with van der Waals surface area (Å²) in [6.07, 6.45) is 1.76. The van der Waals surface area contributed by atoms with E-state index < -0.39 is 18.0 Å². The van der Waals surface area contributed by atoms with E-state index in [1.165, 1.54) is 35.1 Å². The molecule has 1 aliphatic rings. The lowest BCUT2D eigenvalue weighted by molar-refractivity contribution is -0.143. The number of nitrogens with zero attached hydrogens (tertiary/aromatic N) is 2. The molecule has 0 spiro atoms. The smallest absolute Gasteiger partial charge is 0.343 e. The van der Waals surface area contributed by atoms with Crippen molar-refractivity contribution in [3.05, 3.63) is 118 Å². The predicted molar refractivity (Wildman–Crippen MR) is 185 cm³/mol. The third-order valence-electron chi connectivity index (χ3n) is 7.21. The number of carbonyl (C=O) groups excluding carboxylic acids is 2. The molecule has 1 atom stereocenters. The van der Waals surface area contributed by atoms with Gasteiger partial charge in [-0.3, -0.25) is 9.36 Å². The maximum atomic E-state index is 14.1. The molecular formula is C35H32FIN2O8S. The van der Waals surface area contributed by atoms with E-state index in [2.05, 4.69) is 32.3 Å². The van der Waals surface area contributed by atoms with Gasteiger partial charge in [-0.05, 0) is 103 Å². The van der Waals surface area contributed by atoms with Crippen LogP contribution in [0.4, 0.5) is 4.39 Å². The molecule has 0 saturated heterocycles. The van der Waals surface area contributed by atoms with Crippen LogP contribution in [0.1, 0.15) is 43.5 Å². The molecule has 0 aliphatic carbocycles. The number of thiazole rings is 1. The third-order valence-corrected chi connectivity index (χ3v) is 9.04. The van der Waals surface area contributed by atoms with Crippen molar-refractivity contribution in [2.24, 2.45) is 4.99 Å². The number of aromatic nitrogens is 1. The van der Waals surface area contributed by atoms with E-state index in [1.54, 1.807) is 63.2 Å². The summed E-state index contributed by atoms with van der Waals surface area (Å²) >= 11 is 3.36. The van der Waals surface area contributed by atoms with Crippen LogP contribution < -0.4 is 29.1 Å². The van der Waals surface area contributed by atoms with Crippen molar-refractivity contribution in [3.8, 4) is 17.2 Å². The zero-order chi connectivity index (χ0) is 34.4. The Kier molecular flexibility index (Phi) is 11.3. The Hall–Kier alpha value is -4.50. The van der Waals surface area contributed by atoms with Gasteiger partial charge in [-0.1, -0.05) is 35.6 Å². The number of allylic oxidation sites excluding steroid dienone is 1. The van der Waals surface area contributed by atoms with Crippen LogP contribution in [-0.4, -0.2) is 43.4 Å². The lowest BCUT2D eigenvalue weighted by Gasteiger charge is -2.25. The van der Waals surface area contributed by atoms with Gasteiger partial charge in [-0.15, -0.1) is 0 Å². The molecule has 0 N–H and O–H groups in total. The zero-order valence-electron chi connectivity index (χ0n) is 26.6. The van der Waals surface area contributed by atoms with E-state index in [0.717, 1.165) is 9.13 Å². The fourth-order valence-corrected chi connectivity index (χ4v) is 6.79. The lowest BCUT2D eigenvalue weighted by atomic mass is 9.95. The second kappa shape index (κ2) is 15.6. The maximum absolute atomic E-state index is 14.1. The monoisotopic (exact) mass is 786 g/mol. The Morgan fingerprint density at radius 3 is 2.50 bits per heavy atom. The molecule has 48 heavy (non-hydrogen) atoms. The van der Waals surface area contributed by atoms with Gasteiger partial charge in [0.1, 0.15) is 18.2 Å². The molecule has 13 heteroatoms. The van der Waals surface area contributed by atoms with Crippen LogP contribution >= 0.6 is 33.9 Å². The minimum atomic E-state index is -0.880. The van der Waals surface area contributed by atoms with Crippen molar-refractivity contribution >= 4 is 51.9 Å². The number of ether oxygens (including phenoxy) is 5. The van der Waals surface area contributed by atoms with Gasteiger partial charge in [0.15, 0.2) is 22.9 Å². The molecule has 0 amide bonds. The second-order valence-electron chi connectivity index (χ2n) is 10.4. The number of hydrogen-bond donors (Lipinski definition) is 0. The predicted octanol–water partition coefficient (Wildman–Crippen LogP) is 5.07. The highest BCUT2D eigenvalue weighted by Gasteiger charge is 2.34. The van der Waals surface area contributed by atoms with Crippen LogP contribution in [0.25, 0.3) is 6.08 Å². The maximum Gasteiger partial charge on any atom is 0.343 e. The Labute approximate surface area is 293 Å². The largest absolute Gasteiger partial charge is 0.490 e. The van der Waals surface area contributed by atoms with Gasteiger partial charge in [-0.25, -0.2) is 19.0 Å². The standard InChI is InChI=1S/C35H32FIN2O8S/c1-5-44-28-17-23(11-13-27(28)47-19-30(40)43-4)32-31(34(42)45-6-2)20(3)38-35-39(32)33(41)29(48-35)16-21-10-12-26(25(37)15-21)46-18-22-8-7-9-24(36)14-22/h7-17,32H,5-6,18-19H2,1-4H3/b29-16-/t32-/m0/s1. The molecular weight excluding hydrogens is 754 g/mol. The molecule has 5 rings (SSSR count). The Balaban J connectivity index is 1.54. The molecule has 0 radical (unpaired) electrons. The van der Waals surface area contributed by atoms with Crippen LogP contribution in [0.5, 0.6) is 17.2 Å². The van der Waals surface area contributed by atoms with Crippen LogP contribution in [0.2, 0.25) is 0 Å². The van der Waals surface area contributed by atoms with Gasteiger partial charge in [0.2, 0.25) is 0 Å². The average Bonchev–Trinajstić information content (AvgIpc) is 3.36. The number of methoxy groups -OCH3 is 1. The third kappa shape index (κ3) is 7.79. The number of rotatable bonds is 12. The number of hydrogen-bond acceptors (Lipinski definition) is 10. The number of fused-ring (bicyclic) bond motifs is 1. The quantitative estimate of drug-likeness (QED) is 0.145. The number of carbonyl (C=O) groups is 2. The lowest BCUT2D eigenvalue weighted by Crippen LogP contribution is -2.40. The molecule has 4 aromatic rings. The molecule has 2 heterocycles. The molecule has 250 valence electrons. The highest BCUT2D eigenvalue weighted by Crippen LogP contribution is 2.36. The van der Waals surface area contributed by atoms with E-state index in [4.69, 9.17) is 18.9 Å². The van der Waals surface area contributed by atoms with Crippen LogP contribution in [0.15, 0.2) is 81.7 Å². The minimum Gasteiger partial charge on any atom is -0.490 e. The van der Waals surface area contributed by atoms with Crippen molar-refractivity contribution in [1.29, 1.82) is 0 Å². The number of benzene rings is 3. The fraction of sp³-hybridized carbons (Fsp3) is 0.257. The van der Waals surface area contributed by atoms with Crippen molar-refractivity contribution in [1.82, 2.24) is 4.57 Å². The summed E-state index contributed by atoms with van der Waals surface area (Å²) in [7, 11) is 1.27. The Morgan fingerprint density at radius 2 is 1.79 bits per heavy atom. The van der Waals surface area contributed by atoms with E-state index >= 15 is 0 Å². The SMILES string of the molecule is CCOC(=O)C1=C(C)N=c2s/c(=C\c3ccc(OCc4cccc(F)c4)c(I)c3)c(=O)n2[C@H]1c1ccc(OCC(=O)OC)c(OCC)c1. The zero-order valence-corrected chi connectivity index (χ0v) is 29.6. The number of halogens is 2. The first-order valence-corrected chi connectivity index (χ1v) is 16.9. The van der Waals surface area contributed by atoms with Crippen LogP contribution in [0.3, 0.4) is 0 Å². The topological polar surface area (TPSA) is 115 Å². The summed E-state index contributed by atoms with van der Waals surface area (Å²) in [5.74, 6) is -0.228. The normalized spacial score (nSPS) is 14.2. The fourth-order valence-electron chi connectivity index (χ4n) is 5.05. The first-order chi connectivity index (χ1) is 23.1. The molecule has 0 saturated carbocycles. The second-order valence-corrected chi connectivity index (χ2v) is 12.6. The van der Waals surface area contributed by atoms with Gasteiger partial charge < -0.3 is 23.7 Å². The van der Waals surface area contributed by atoms with E-state index in [0.29, 0.717) is 50.0 Å². The molecule has 3 aromatic carbocycles. The van der Waals surface area contributed by atoms with Gasteiger partial charge in [0.25, 0.3) is 5.56 Å². The minimum absolute atomic E-state index is 0.137. The molecule has 0 unspecified atom stereocenters. The number of esters is 2. The average molecular weight is 787 g/mol. The van der Waals surface area contributed by atoms with Crippen LogP contribution in [0, 0.1) is 9.39 Å². The van der Waals surface area contributed by atoms with E-state index in [1.807, 2.05) is 12.1 Å². The summed E-state index contributed by atoms with van der Waals surface area (Å²) < 4.78 is 43.7. The summed E-state index contributed by atoms with van der Waals surface area (Å²) in [4.78, 5) is 44.2. The summed E-state index contributed by atoms with van der Waals surface area (Å²) in [6, 6.07) is 15.9. The van der Waals surface area contributed by atoms with Gasteiger partial charge >= 0.3 is 11.9 Å². The molecule has 0 bridgehead atoms. The Bertz CT molecular complexity index is 2070. The first kappa shape index (κ1) is 34.8. The summed E-state index contributed by atoms with van der Waals surface area (Å²) in [6.45, 7) is 5.54. The van der Waals surface area contributed by atoms with Gasteiger partial charge in [0.05, 0.1) is 45.7 Å². The van der Waals surface area contributed by atoms with Crippen molar-refractivity contribution < 1.29 is 37.7 Å². The molecule has 0 fully saturated rings. The molecule has 1 aliphatic heterocycles. The Morgan fingerprint density at radius 1 is 1.00 bits per heavy atom. The van der Waals surface area contributed by atoms with Crippen molar-refractivity contribution in [2.45, 2.75) is 33.4 Å². The summed E-state index contributed by atoms with van der Waals surface area (Å²) in [5.41, 5.74) is 2.32. The van der Waals surface area contributed by atoms with Crippen molar-refractivity contribution in [2.75, 3.05) is 26.9 Å². The molecule has 10 nitrogen and oxygen atoms in total. The first-order valence-electron chi connectivity index (χ1n) is 15.0. The molecule has 1 aromatic heterocycles. The van der Waals surface area contributed by atoms with Crippen LogP contribution in [-0.2, 0) is 25.7 Å².